The summed E-state index contributed by atoms with van der Waals surface area (Å²) >= 11 is 1.06. The third-order valence-electron chi connectivity index (χ3n) is 6.88. The first-order valence-corrected chi connectivity index (χ1v) is 16.6. The molecule has 0 saturated carbocycles. The highest BCUT2D eigenvalue weighted by Gasteiger charge is 2.35. The summed E-state index contributed by atoms with van der Waals surface area (Å²) in [4.78, 5) is 15.2. The number of carbonyl (C=O) groups excluding carboxylic acids is 1. The minimum Gasteiger partial charge on any atom is -0.497 e. The highest BCUT2D eigenvalue weighted by Crippen LogP contribution is 2.32. The molecule has 0 aliphatic carbocycles. The molecule has 222 valence electrons. The van der Waals surface area contributed by atoms with Crippen molar-refractivity contribution in [3.63, 3.8) is 0 Å². The van der Waals surface area contributed by atoms with E-state index in [9.17, 15) is 26.7 Å². The Morgan fingerprint density at radius 3 is 2.49 bits per heavy atom. The molecule has 1 aliphatic rings. The molecule has 3 aromatic rings. The zero-order valence-electron chi connectivity index (χ0n) is 23.1. The normalized spacial score (nSPS) is 18.7. The van der Waals surface area contributed by atoms with E-state index in [1.165, 1.54) is 59.8 Å². The van der Waals surface area contributed by atoms with Gasteiger partial charge in [0.15, 0.2) is 0 Å². The van der Waals surface area contributed by atoms with Crippen molar-refractivity contribution in [3.8, 4) is 11.5 Å². The number of ether oxygens (including phenoxy) is 2. The Hall–Kier alpha value is -3.17. The molecule has 2 heterocycles. The maximum atomic E-state index is 13.7. The average molecular weight is 624 g/mol. The summed E-state index contributed by atoms with van der Waals surface area (Å²) in [5.74, 6) is -0.0640. The van der Waals surface area contributed by atoms with Gasteiger partial charge in [0.05, 0.1) is 36.8 Å². The molecule has 1 amide bonds. The third kappa shape index (κ3) is 6.67. The monoisotopic (exact) mass is 623 g/mol. The van der Waals surface area contributed by atoms with E-state index in [0.29, 0.717) is 5.75 Å². The van der Waals surface area contributed by atoms with Crippen LogP contribution in [0.2, 0.25) is 0 Å². The van der Waals surface area contributed by atoms with E-state index in [1.54, 1.807) is 30.5 Å². The first-order valence-electron chi connectivity index (χ1n) is 12.8. The summed E-state index contributed by atoms with van der Waals surface area (Å²) < 4.78 is 67.4. The number of fused-ring (bicyclic) bond motifs is 1. The lowest BCUT2D eigenvalue weighted by molar-refractivity contribution is 0.0387. The first-order chi connectivity index (χ1) is 19.4. The molecule has 2 aromatic carbocycles. The fourth-order valence-electron chi connectivity index (χ4n) is 4.40. The SMILES string of the molecule is COc1ccc(S(=O)(=O)N(C)C[C@H]2Oc3ccc(NS(=O)(=O)c4cccs4)cc3C(=O)N([C@@H](C)CO)C[C@@H]2C)cc1. The van der Waals surface area contributed by atoms with Gasteiger partial charge in [0.1, 0.15) is 21.8 Å². The van der Waals surface area contributed by atoms with E-state index in [1.807, 2.05) is 6.92 Å². The Bertz CT molecular complexity index is 1580. The van der Waals surface area contributed by atoms with Crippen molar-refractivity contribution in [2.75, 3.05) is 38.6 Å². The molecule has 41 heavy (non-hydrogen) atoms. The molecule has 1 aliphatic heterocycles. The molecule has 0 fully saturated rings. The smallest absolute Gasteiger partial charge is 0.271 e. The van der Waals surface area contributed by atoms with Gasteiger partial charge in [0.25, 0.3) is 15.9 Å². The third-order valence-corrected chi connectivity index (χ3v) is 11.5. The second kappa shape index (κ2) is 12.4. The van der Waals surface area contributed by atoms with Crippen molar-refractivity contribution in [3.05, 3.63) is 65.5 Å². The van der Waals surface area contributed by atoms with Crippen LogP contribution in [0.1, 0.15) is 24.2 Å². The number of sulfonamides is 2. The van der Waals surface area contributed by atoms with Crippen LogP contribution < -0.4 is 14.2 Å². The number of thiophene rings is 1. The fraction of sp³-hybridized carbons (Fsp3) is 0.370. The Morgan fingerprint density at radius 1 is 1.17 bits per heavy atom. The summed E-state index contributed by atoms with van der Waals surface area (Å²) in [6.07, 6.45) is -0.679. The second-order valence-electron chi connectivity index (χ2n) is 9.83. The largest absolute Gasteiger partial charge is 0.497 e. The number of aliphatic hydroxyl groups is 1. The molecule has 4 rings (SSSR count). The maximum absolute atomic E-state index is 13.7. The number of rotatable bonds is 10. The fourth-order valence-corrected chi connectivity index (χ4v) is 7.63. The van der Waals surface area contributed by atoms with Gasteiger partial charge >= 0.3 is 0 Å². The van der Waals surface area contributed by atoms with Crippen molar-refractivity contribution in [2.45, 2.75) is 35.1 Å². The summed E-state index contributed by atoms with van der Waals surface area (Å²) in [5, 5.41) is 11.5. The Morgan fingerprint density at radius 2 is 1.88 bits per heavy atom. The molecule has 2 N–H and O–H groups in total. The van der Waals surface area contributed by atoms with Gasteiger partial charge in [-0.2, -0.15) is 4.31 Å². The highest BCUT2D eigenvalue weighted by molar-refractivity contribution is 7.94. The van der Waals surface area contributed by atoms with Gasteiger partial charge in [0.2, 0.25) is 10.0 Å². The molecule has 11 nitrogen and oxygen atoms in total. The average Bonchev–Trinajstić information content (AvgIpc) is 3.51. The van der Waals surface area contributed by atoms with Crippen molar-refractivity contribution < 1.29 is 36.2 Å². The predicted octanol–water partition coefficient (Wildman–Crippen LogP) is 3.10. The number of likely N-dealkylation sites (N-methyl/N-ethyl adjacent to an activating group) is 1. The van der Waals surface area contributed by atoms with Crippen LogP contribution in [-0.4, -0.2) is 83.1 Å². The van der Waals surface area contributed by atoms with Gasteiger partial charge in [0, 0.05) is 25.2 Å². The lowest BCUT2D eigenvalue weighted by atomic mass is 9.99. The number of nitrogens with zero attached hydrogens (tertiary/aromatic N) is 2. The molecule has 0 unspecified atom stereocenters. The number of aliphatic hydroxyl groups excluding tert-OH is 1. The van der Waals surface area contributed by atoms with Crippen LogP contribution in [0.25, 0.3) is 0 Å². The van der Waals surface area contributed by atoms with Crippen LogP contribution in [-0.2, 0) is 20.0 Å². The number of benzene rings is 2. The minimum atomic E-state index is -3.88. The van der Waals surface area contributed by atoms with Crippen LogP contribution in [0.3, 0.4) is 0 Å². The maximum Gasteiger partial charge on any atom is 0.271 e. The van der Waals surface area contributed by atoms with E-state index in [4.69, 9.17) is 9.47 Å². The van der Waals surface area contributed by atoms with E-state index >= 15 is 0 Å². The van der Waals surface area contributed by atoms with Crippen molar-refractivity contribution in [1.82, 2.24) is 9.21 Å². The molecule has 1 aromatic heterocycles. The molecule has 0 bridgehead atoms. The van der Waals surface area contributed by atoms with Gasteiger partial charge in [-0.15, -0.1) is 11.3 Å². The number of carbonyl (C=O) groups is 1. The number of methoxy groups -OCH3 is 1. The number of nitrogens with one attached hydrogen (secondary N) is 1. The molecule has 0 saturated heterocycles. The molecule has 0 radical (unpaired) electrons. The van der Waals surface area contributed by atoms with Gasteiger partial charge in [-0.1, -0.05) is 13.0 Å². The Kier molecular flexibility index (Phi) is 9.29. The summed E-state index contributed by atoms with van der Waals surface area (Å²) in [7, 11) is -4.79. The quantitative estimate of drug-likeness (QED) is 0.351. The first kappa shape index (κ1) is 30.8. The topological polar surface area (TPSA) is 143 Å². The standard InChI is InChI=1S/C27H33N3O8S3/c1-18-15-30(19(2)17-31)27(32)23-14-20(28-40(33,34)26-6-5-13-39-26)7-12-24(23)38-25(18)16-29(3)41(35,36)22-10-8-21(37-4)9-11-22/h5-14,18-19,25,28,31H,15-17H2,1-4H3/t18-,19-,25+/m0/s1. The van der Waals surface area contributed by atoms with E-state index in [-0.39, 0.29) is 51.7 Å². The van der Waals surface area contributed by atoms with Gasteiger partial charge < -0.3 is 19.5 Å². The van der Waals surface area contributed by atoms with Crippen LogP contribution in [0.4, 0.5) is 5.69 Å². The van der Waals surface area contributed by atoms with Crippen LogP contribution in [0, 0.1) is 5.92 Å². The highest BCUT2D eigenvalue weighted by atomic mass is 32.2. The van der Waals surface area contributed by atoms with Gasteiger partial charge in [-0.05, 0) is 60.8 Å². The van der Waals surface area contributed by atoms with E-state index < -0.39 is 38.1 Å². The zero-order chi connectivity index (χ0) is 29.9. The Balaban J connectivity index is 1.66. The van der Waals surface area contributed by atoms with Crippen molar-refractivity contribution in [2.24, 2.45) is 5.92 Å². The van der Waals surface area contributed by atoms with Crippen molar-refractivity contribution >= 4 is 43.0 Å². The van der Waals surface area contributed by atoms with Gasteiger partial charge in [-0.25, -0.2) is 16.8 Å². The van der Waals surface area contributed by atoms with E-state index in [0.717, 1.165) is 11.3 Å². The van der Waals surface area contributed by atoms with Crippen LogP contribution >= 0.6 is 11.3 Å². The number of anilines is 1. The lowest BCUT2D eigenvalue weighted by Crippen LogP contribution is -2.50. The summed E-state index contributed by atoms with van der Waals surface area (Å²) in [5.41, 5.74) is 0.254. The van der Waals surface area contributed by atoms with Crippen LogP contribution in [0.5, 0.6) is 11.5 Å². The number of hydrogen-bond acceptors (Lipinski definition) is 9. The predicted molar refractivity (Wildman–Crippen MR) is 156 cm³/mol. The molecule has 3 atom stereocenters. The zero-order valence-corrected chi connectivity index (χ0v) is 25.5. The molecule has 0 spiro atoms. The molecular formula is C27H33N3O8S3. The van der Waals surface area contributed by atoms with Crippen LogP contribution in [0.15, 0.2) is 69.1 Å². The van der Waals surface area contributed by atoms with Crippen molar-refractivity contribution in [1.29, 1.82) is 0 Å². The molecule has 14 heteroatoms. The summed E-state index contributed by atoms with van der Waals surface area (Å²) in [6, 6.07) is 13.0. The minimum absolute atomic E-state index is 0.0305. The number of hydrogen-bond donors (Lipinski definition) is 2. The van der Waals surface area contributed by atoms with E-state index in [2.05, 4.69) is 4.72 Å². The lowest BCUT2D eigenvalue weighted by Gasteiger charge is -2.38. The Labute approximate surface area is 244 Å². The summed E-state index contributed by atoms with van der Waals surface area (Å²) in [6.45, 7) is 3.39. The van der Waals surface area contributed by atoms with Gasteiger partial charge in [-0.3, -0.25) is 9.52 Å². The second-order valence-corrected chi connectivity index (χ2v) is 14.7. The number of amides is 1. The molecular weight excluding hydrogens is 591 g/mol.